The SMILES string of the molecule is CN(CC(=O)Nc1ccccc1Cl)CC(=O)N(C1=CCCCC1)C1CC1. The molecule has 6 heteroatoms. The molecule has 0 aliphatic heterocycles. The van der Waals surface area contributed by atoms with Gasteiger partial charge in [-0.15, -0.1) is 0 Å². The topological polar surface area (TPSA) is 52.7 Å². The molecular formula is C20H26ClN3O2. The van der Waals surface area contributed by atoms with Crippen LogP contribution in [0.15, 0.2) is 36.0 Å². The van der Waals surface area contributed by atoms with Crippen molar-refractivity contribution in [2.45, 2.75) is 44.6 Å². The molecule has 26 heavy (non-hydrogen) atoms. The van der Waals surface area contributed by atoms with Crippen LogP contribution in [-0.4, -0.2) is 47.8 Å². The van der Waals surface area contributed by atoms with Crippen molar-refractivity contribution in [1.82, 2.24) is 9.80 Å². The molecule has 1 N–H and O–H groups in total. The van der Waals surface area contributed by atoms with E-state index in [1.807, 2.05) is 17.0 Å². The van der Waals surface area contributed by atoms with Crippen molar-refractivity contribution in [3.63, 3.8) is 0 Å². The van der Waals surface area contributed by atoms with Crippen LogP contribution in [0.2, 0.25) is 5.02 Å². The standard InChI is InChI=1S/C20H26ClN3O2/c1-23(13-19(25)22-18-10-6-5-9-17(18)21)14-20(26)24(16-11-12-16)15-7-3-2-4-8-15/h5-7,9-10,16H,2-4,8,11-14H2,1H3,(H,22,25). The van der Waals surface area contributed by atoms with Crippen LogP contribution >= 0.6 is 11.6 Å². The van der Waals surface area contributed by atoms with Gasteiger partial charge in [-0.3, -0.25) is 14.5 Å². The fourth-order valence-electron chi connectivity index (χ4n) is 3.33. The average Bonchev–Trinajstić information content (AvgIpc) is 3.42. The van der Waals surface area contributed by atoms with Crippen molar-refractivity contribution >= 4 is 29.1 Å². The molecule has 2 amide bonds. The molecule has 0 bridgehead atoms. The van der Waals surface area contributed by atoms with E-state index in [-0.39, 0.29) is 24.9 Å². The Kier molecular flexibility index (Phi) is 6.33. The van der Waals surface area contributed by atoms with Gasteiger partial charge in [0.15, 0.2) is 0 Å². The van der Waals surface area contributed by atoms with Crippen LogP contribution < -0.4 is 5.32 Å². The molecule has 0 spiro atoms. The van der Waals surface area contributed by atoms with Gasteiger partial charge in [-0.25, -0.2) is 0 Å². The summed E-state index contributed by atoms with van der Waals surface area (Å²) >= 11 is 6.06. The van der Waals surface area contributed by atoms with Gasteiger partial charge in [0.25, 0.3) is 0 Å². The first-order valence-corrected chi connectivity index (χ1v) is 9.66. The summed E-state index contributed by atoms with van der Waals surface area (Å²) in [4.78, 5) is 28.8. The lowest BCUT2D eigenvalue weighted by molar-refractivity contribution is -0.131. The molecule has 0 heterocycles. The average molecular weight is 376 g/mol. The molecule has 1 saturated carbocycles. The zero-order valence-electron chi connectivity index (χ0n) is 15.2. The van der Waals surface area contributed by atoms with Crippen LogP contribution in [-0.2, 0) is 9.59 Å². The number of nitrogens with one attached hydrogen (secondary N) is 1. The Morgan fingerprint density at radius 2 is 1.96 bits per heavy atom. The summed E-state index contributed by atoms with van der Waals surface area (Å²) in [7, 11) is 1.80. The molecule has 0 atom stereocenters. The number of benzene rings is 1. The number of rotatable bonds is 7. The highest BCUT2D eigenvalue weighted by Crippen LogP contribution is 2.33. The molecule has 1 fully saturated rings. The second-order valence-electron chi connectivity index (χ2n) is 7.14. The number of hydrogen-bond acceptors (Lipinski definition) is 3. The molecule has 0 unspecified atom stereocenters. The van der Waals surface area contributed by atoms with E-state index >= 15 is 0 Å². The Labute approximate surface area is 160 Å². The minimum absolute atomic E-state index is 0.0914. The Bertz CT molecular complexity index is 700. The third-order valence-corrected chi connectivity index (χ3v) is 5.05. The highest BCUT2D eigenvalue weighted by molar-refractivity contribution is 6.33. The number of halogens is 1. The van der Waals surface area contributed by atoms with E-state index in [0.717, 1.165) is 32.1 Å². The van der Waals surface area contributed by atoms with Gasteiger partial charge in [0.2, 0.25) is 11.8 Å². The second kappa shape index (κ2) is 8.69. The first kappa shape index (κ1) is 18.9. The van der Waals surface area contributed by atoms with Gasteiger partial charge in [0.1, 0.15) is 0 Å². The van der Waals surface area contributed by atoms with Crippen molar-refractivity contribution in [3.05, 3.63) is 41.1 Å². The third-order valence-electron chi connectivity index (χ3n) is 4.72. The zero-order chi connectivity index (χ0) is 18.5. The monoisotopic (exact) mass is 375 g/mol. The maximum atomic E-state index is 12.8. The Morgan fingerprint density at radius 3 is 2.62 bits per heavy atom. The first-order valence-electron chi connectivity index (χ1n) is 9.28. The zero-order valence-corrected chi connectivity index (χ0v) is 16.0. The second-order valence-corrected chi connectivity index (χ2v) is 7.54. The summed E-state index contributed by atoms with van der Waals surface area (Å²) in [6, 6.07) is 7.48. The van der Waals surface area contributed by atoms with Gasteiger partial charge in [-0.1, -0.05) is 29.8 Å². The fraction of sp³-hybridized carbons (Fsp3) is 0.500. The smallest absolute Gasteiger partial charge is 0.241 e. The number of hydrogen-bond donors (Lipinski definition) is 1. The summed E-state index contributed by atoms with van der Waals surface area (Å²) in [6.07, 6.45) is 8.78. The van der Waals surface area contributed by atoms with E-state index < -0.39 is 0 Å². The van der Waals surface area contributed by atoms with Crippen molar-refractivity contribution in [2.24, 2.45) is 0 Å². The summed E-state index contributed by atoms with van der Waals surface area (Å²) in [5, 5.41) is 3.30. The van der Waals surface area contributed by atoms with Crippen LogP contribution in [0.1, 0.15) is 38.5 Å². The maximum absolute atomic E-state index is 12.8. The van der Waals surface area contributed by atoms with E-state index in [4.69, 9.17) is 11.6 Å². The summed E-state index contributed by atoms with van der Waals surface area (Å²) in [5.41, 5.74) is 1.77. The summed E-state index contributed by atoms with van der Waals surface area (Å²) in [6.45, 7) is 0.387. The van der Waals surface area contributed by atoms with Crippen molar-refractivity contribution in [3.8, 4) is 0 Å². The quantitative estimate of drug-likeness (QED) is 0.791. The predicted octanol–water partition coefficient (Wildman–Crippen LogP) is 3.66. The lowest BCUT2D eigenvalue weighted by Gasteiger charge is -2.29. The van der Waals surface area contributed by atoms with Crippen LogP contribution in [0.4, 0.5) is 5.69 Å². The molecule has 1 aromatic carbocycles. The number of nitrogens with zero attached hydrogens (tertiary/aromatic N) is 2. The number of amides is 2. The summed E-state index contributed by atoms with van der Waals surface area (Å²) in [5.74, 6) is -0.0862. The van der Waals surface area contributed by atoms with Gasteiger partial charge >= 0.3 is 0 Å². The van der Waals surface area contributed by atoms with Crippen molar-refractivity contribution < 1.29 is 9.59 Å². The minimum Gasteiger partial charge on any atom is -0.324 e. The first-order chi connectivity index (χ1) is 12.5. The molecule has 0 radical (unpaired) electrons. The van der Waals surface area contributed by atoms with Gasteiger partial charge in [0.05, 0.1) is 23.8 Å². The normalized spacial score (nSPS) is 17.0. The van der Waals surface area contributed by atoms with E-state index in [1.165, 1.54) is 12.1 Å². The Balaban J connectivity index is 1.54. The van der Waals surface area contributed by atoms with Gasteiger partial charge < -0.3 is 10.2 Å². The number of anilines is 1. The fourth-order valence-corrected chi connectivity index (χ4v) is 3.51. The van der Waals surface area contributed by atoms with Crippen LogP contribution in [0, 0.1) is 0 Å². The lowest BCUT2D eigenvalue weighted by Crippen LogP contribution is -2.42. The highest BCUT2D eigenvalue weighted by atomic mass is 35.5. The minimum atomic E-state index is -0.178. The van der Waals surface area contributed by atoms with E-state index in [0.29, 0.717) is 16.8 Å². The molecule has 0 aromatic heterocycles. The number of carbonyl (C=O) groups is 2. The van der Waals surface area contributed by atoms with E-state index in [2.05, 4.69) is 11.4 Å². The molecule has 5 nitrogen and oxygen atoms in total. The van der Waals surface area contributed by atoms with Crippen LogP contribution in [0.5, 0.6) is 0 Å². The number of carbonyl (C=O) groups excluding carboxylic acids is 2. The van der Waals surface area contributed by atoms with Crippen molar-refractivity contribution in [2.75, 3.05) is 25.5 Å². The number of allylic oxidation sites excluding steroid dienone is 2. The maximum Gasteiger partial charge on any atom is 0.241 e. The molecule has 0 saturated heterocycles. The molecule has 1 aromatic rings. The molecule has 140 valence electrons. The lowest BCUT2D eigenvalue weighted by atomic mass is 10.0. The predicted molar refractivity (Wildman–Crippen MR) is 104 cm³/mol. The van der Waals surface area contributed by atoms with Gasteiger partial charge in [-0.2, -0.15) is 0 Å². The Morgan fingerprint density at radius 1 is 1.19 bits per heavy atom. The van der Waals surface area contributed by atoms with Crippen LogP contribution in [0.25, 0.3) is 0 Å². The Hall–Kier alpha value is -1.85. The largest absolute Gasteiger partial charge is 0.324 e. The van der Waals surface area contributed by atoms with E-state index in [1.54, 1.807) is 24.1 Å². The molecule has 2 aliphatic carbocycles. The van der Waals surface area contributed by atoms with Crippen LogP contribution in [0.3, 0.4) is 0 Å². The van der Waals surface area contributed by atoms with Crippen molar-refractivity contribution in [1.29, 1.82) is 0 Å². The molecule has 2 aliphatic rings. The number of likely N-dealkylation sites (N-methyl/N-ethyl adjacent to an activating group) is 1. The third kappa shape index (κ3) is 5.08. The molecular weight excluding hydrogens is 350 g/mol. The van der Waals surface area contributed by atoms with Gasteiger partial charge in [0, 0.05) is 11.7 Å². The summed E-state index contributed by atoms with van der Waals surface area (Å²) < 4.78 is 0. The highest BCUT2D eigenvalue weighted by Gasteiger charge is 2.35. The molecule has 3 rings (SSSR count). The van der Waals surface area contributed by atoms with Gasteiger partial charge in [-0.05, 0) is 57.7 Å². The van der Waals surface area contributed by atoms with E-state index in [9.17, 15) is 9.59 Å². The number of para-hydroxylation sites is 1.